The van der Waals surface area contributed by atoms with Gasteiger partial charge in [-0.2, -0.15) is 0 Å². The Balaban J connectivity index is 0.00000196. The number of carboxylic acid groups (broad SMARTS) is 1. The molecule has 15 heavy (non-hydrogen) atoms. The average molecular weight is 300 g/mol. The van der Waals surface area contributed by atoms with Gasteiger partial charge in [-0.15, -0.1) is 0 Å². The van der Waals surface area contributed by atoms with Crippen molar-refractivity contribution in [3.05, 3.63) is 20.7 Å². The smallest absolute Gasteiger partial charge is 0.481 e. The van der Waals surface area contributed by atoms with E-state index in [1.165, 1.54) is 17.5 Å². The summed E-state index contributed by atoms with van der Waals surface area (Å²) in [6.45, 7) is 0. The molecule has 0 radical (unpaired) electrons. The number of aromatic nitrogens is 1. The molecule has 0 aliphatic carbocycles. The molecular formula is C9H12NO3RbS. The molecule has 0 unspecified atom stereocenters. The first-order valence-electron chi connectivity index (χ1n) is 4.52. The second kappa shape index (κ2) is 8.81. The molecule has 0 aromatic carbocycles. The average Bonchev–Trinajstić information content (AvgIpc) is 2.50. The van der Waals surface area contributed by atoms with Crippen molar-refractivity contribution in [2.45, 2.75) is 32.1 Å². The molecule has 0 saturated carbocycles. The topological polar surface area (TPSA) is 67.3 Å². The second-order valence-corrected chi connectivity index (χ2v) is 4.11. The van der Waals surface area contributed by atoms with E-state index in [4.69, 9.17) is 5.11 Å². The molecule has 0 aliphatic heterocycles. The number of hydrogen-bond donors (Lipinski definition) is 1. The summed E-state index contributed by atoms with van der Waals surface area (Å²) in [5.74, 6) is -0.749. The van der Waals surface area contributed by atoms with Crippen LogP contribution in [0.15, 0.2) is 11.0 Å². The van der Waals surface area contributed by atoms with Crippen molar-refractivity contribution in [3.8, 4) is 0 Å². The number of carboxylic acids is 1. The quantitative estimate of drug-likeness (QED) is 0.508. The van der Waals surface area contributed by atoms with Gasteiger partial charge in [-0.1, -0.05) is 19.0 Å². The minimum absolute atomic E-state index is 0. The van der Waals surface area contributed by atoms with E-state index in [0.717, 1.165) is 24.3 Å². The van der Waals surface area contributed by atoms with E-state index in [1.807, 2.05) is 0 Å². The van der Waals surface area contributed by atoms with Crippen LogP contribution in [0.5, 0.6) is 0 Å². The monoisotopic (exact) mass is 299 g/mol. The van der Waals surface area contributed by atoms with Crippen LogP contribution in [0.4, 0.5) is 0 Å². The van der Waals surface area contributed by atoms with Crippen LogP contribution in [0.25, 0.3) is 0 Å². The SMILES string of the molecule is O=C(O)CCCCC[c-]1ncc(=O)s1.[Rb+]. The number of unbranched alkanes of at least 4 members (excludes halogenated alkanes) is 2. The Labute approximate surface area is 141 Å². The Morgan fingerprint density at radius 3 is 2.73 bits per heavy atom. The second-order valence-electron chi connectivity index (χ2n) is 3.03. The summed E-state index contributed by atoms with van der Waals surface area (Å²) in [4.78, 5) is 24.9. The number of thiazole rings is 1. The van der Waals surface area contributed by atoms with E-state index in [9.17, 15) is 9.59 Å². The summed E-state index contributed by atoms with van der Waals surface area (Å²) in [6.07, 6.45) is 4.82. The van der Waals surface area contributed by atoms with Crippen molar-refractivity contribution < 1.29 is 68.1 Å². The number of aliphatic carboxylic acids is 1. The van der Waals surface area contributed by atoms with Gasteiger partial charge in [0.2, 0.25) is 0 Å². The molecule has 0 saturated heterocycles. The molecule has 1 N–H and O–H groups in total. The van der Waals surface area contributed by atoms with Crippen LogP contribution in [0, 0.1) is 0 Å². The third-order valence-corrected chi connectivity index (χ3v) is 2.67. The van der Waals surface area contributed by atoms with Crippen molar-refractivity contribution in [1.82, 2.24) is 4.98 Å². The van der Waals surface area contributed by atoms with E-state index in [0.29, 0.717) is 6.42 Å². The molecule has 6 heteroatoms. The first kappa shape index (κ1) is 15.7. The van der Waals surface area contributed by atoms with E-state index in [1.54, 1.807) is 0 Å². The molecule has 1 heterocycles. The molecule has 1 aromatic heterocycles. The predicted molar refractivity (Wildman–Crippen MR) is 53.8 cm³/mol. The molecule has 0 spiro atoms. The van der Waals surface area contributed by atoms with Crippen molar-refractivity contribution in [2.24, 2.45) is 0 Å². The molecule has 0 amide bonds. The van der Waals surface area contributed by atoms with Crippen LogP contribution in [-0.4, -0.2) is 16.1 Å². The predicted octanol–water partition coefficient (Wildman–Crippen LogP) is -1.59. The summed E-state index contributed by atoms with van der Waals surface area (Å²) in [7, 11) is 0. The van der Waals surface area contributed by atoms with Gasteiger partial charge >= 0.3 is 64.2 Å². The fourth-order valence-corrected chi connectivity index (χ4v) is 1.83. The maximum Gasteiger partial charge on any atom is 1.00 e. The molecule has 1 rings (SSSR count). The summed E-state index contributed by atoms with van der Waals surface area (Å²) in [6, 6.07) is 0. The van der Waals surface area contributed by atoms with Crippen molar-refractivity contribution in [1.29, 1.82) is 0 Å². The summed E-state index contributed by atoms with van der Waals surface area (Å²) >= 11 is 1.17. The van der Waals surface area contributed by atoms with Crippen LogP contribution in [-0.2, 0) is 11.2 Å². The Hall–Kier alpha value is 0.705. The Bertz CT molecular complexity index is 347. The zero-order chi connectivity index (χ0) is 10.4. The molecule has 1 aromatic rings. The minimum Gasteiger partial charge on any atom is -0.481 e. The zero-order valence-corrected chi connectivity index (χ0v) is 14.5. The number of hydrogen-bond acceptors (Lipinski definition) is 4. The number of aryl methyl sites for hydroxylation is 1. The Kier molecular flexibility index (Phi) is 9.23. The number of nitrogens with zero attached hydrogens (tertiary/aromatic N) is 1. The maximum atomic E-state index is 10.7. The molecule has 78 valence electrons. The van der Waals surface area contributed by atoms with E-state index in [-0.39, 0.29) is 69.4 Å². The van der Waals surface area contributed by atoms with Crippen LogP contribution in [0.1, 0.15) is 30.7 Å². The number of rotatable bonds is 6. The van der Waals surface area contributed by atoms with Crippen molar-refractivity contribution >= 4 is 17.3 Å². The van der Waals surface area contributed by atoms with Crippen LogP contribution in [0.3, 0.4) is 0 Å². The van der Waals surface area contributed by atoms with Gasteiger partial charge in [-0.05, 0) is 17.8 Å². The van der Waals surface area contributed by atoms with E-state index >= 15 is 0 Å². The van der Waals surface area contributed by atoms with Crippen molar-refractivity contribution in [3.63, 3.8) is 0 Å². The normalized spacial score (nSPS) is 9.60. The summed E-state index contributed by atoms with van der Waals surface area (Å²) in [5.41, 5.74) is 0. The Morgan fingerprint density at radius 2 is 2.20 bits per heavy atom. The molecule has 0 aliphatic rings. The zero-order valence-electron chi connectivity index (χ0n) is 8.73. The van der Waals surface area contributed by atoms with E-state index < -0.39 is 5.97 Å². The van der Waals surface area contributed by atoms with Crippen LogP contribution < -0.4 is 62.9 Å². The fraction of sp³-hybridized carbons (Fsp3) is 0.556. The van der Waals surface area contributed by atoms with Gasteiger partial charge in [-0.25, -0.2) is 11.3 Å². The van der Waals surface area contributed by atoms with Crippen LogP contribution >= 0.6 is 11.3 Å². The van der Waals surface area contributed by atoms with Gasteiger partial charge in [0, 0.05) is 6.42 Å². The summed E-state index contributed by atoms with van der Waals surface area (Å²) in [5, 5.41) is 9.23. The van der Waals surface area contributed by atoms with Gasteiger partial charge in [-0.3, -0.25) is 4.79 Å². The Morgan fingerprint density at radius 1 is 1.47 bits per heavy atom. The molecular weight excluding hydrogens is 288 g/mol. The molecule has 0 bridgehead atoms. The molecule has 0 atom stereocenters. The van der Waals surface area contributed by atoms with Gasteiger partial charge in [0.25, 0.3) is 0 Å². The maximum absolute atomic E-state index is 10.7. The van der Waals surface area contributed by atoms with E-state index in [2.05, 4.69) is 4.98 Å². The largest absolute Gasteiger partial charge is 1.00 e. The van der Waals surface area contributed by atoms with Gasteiger partial charge < -0.3 is 14.9 Å². The summed E-state index contributed by atoms with van der Waals surface area (Å²) < 4.78 is -0.00876. The molecule has 0 fully saturated rings. The fourth-order valence-electron chi connectivity index (χ4n) is 1.14. The first-order valence-corrected chi connectivity index (χ1v) is 5.33. The number of carbonyl (C=O) groups is 1. The molecule has 4 nitrogen and oxygen atoms in total. The van der Waals surface area contributed by atoms with Crippen LogP contribution in [0.2, 0.25) is 0 Å². The van der Waals surface area contributed by atoms with Gasteiger partial charge in [0.15, 0.2) is 0 Å². The standard InChI is InChI=1S/C9H12NO3S.Rb/c11-8(12)5-3-1-2-4-7-10-6-9(13)14-7;/h6H,1-5H2,(H,11,12);/q-1;+1. The minimum atomic E-state index is -0.749. The van der Waals surface area contributed by atoms with Crippen molar-refractivity contribution in [2.75, 3.05) is 0 Å². The third kappa shape index (κ3) is 7.57. The van der Waals surface area contributed by atoms with Gasteiger partial charge in [0.05, 0.1) is 4.74 Å². The first-order chi connectivity index (χ1) is 6.68. The third-order valence-electron chi connectivity index (χ3n) is 1.81. The van der Waals surface area contributed by atoms with Gasteiger partial charge in [0.1, 0.15) is 0 Å².